The minimum atomic E-state index is -0.533. The van der Waals surface area contributed by atoms with Crippen LogP contribution in [0.25, 0.3) is 10.4 Å². The monoisotopic (exact) mass is 406 g/mol. The number of anilines is 1. The lowest BCUT2D eigenvalue weighted by Gasteiger charge is -2.23. The highest BCUT2D eigenvalue weighted by Gasteiger charge is 2.43. The first-order valence-corrected chi connectivity index (χ1v) is 10.9. The summed E-state index contributed by atoms with van der Waals surface area (Å²) in [7, 11) is 0. The average molecular weight is 407 g/mol. The molecule has 6 nitrogen and oxygen atoms in total. The predicted octanol–water partition coefficient (Wildman–Crippen LogP) is 2.60. The lowest BCUT2D eigenvalue weighted by atomic mass is 9.99. The normalized spacial score (nSPS) is 25.3. The number of carbonyl (C=O) groups excluding carboxylic acids is 2. The van der Waals surface area contributed by atoms with Crippen LogP contribution in [-0.4, -0.2) is 29.9 Å². The first-order valence-electron chi connectivity index (χ1n) is 10.1. The van der Waals surface area contributed by atoms with Crippen molar-refractivity contribution in [3.8, 4) is 16.5 Å². The highest BCUT2D eigenvalue weighted by molar-refractivity contribution is 7.15. The van der Waals surface area contributed by atoms with E-state index in [1.807, 2.05) is 30.3 Å². The number of hydrogen-bond acceptors (Lipinski definition) is 5. The Morgan fingerprint density at radius 2 is 2.21 bits per heavy atom. The van der Waals surface area contributed by atoms with Crippen molar-refractivity contribution in [1.82, 2.24) is 10.6 Å². The zero-order valence-electron chi connectivity index (χ0n) is 15.9. The second kappa shape index (κ2) is 7.29. The summed E-state index contributed by atoms with van der Waals surface area (Å²) >= 11 is 1.62. The number of nitrogens with one attached hydrogen (secondary N) is 3. The number of nitriles is 1. The third kappa shape index (κ3) is 3.54. The van der Waals surface area contributed by atoms with Crippen molar-refractivity contribution >= 4 is 28.8 Å². The number of thiophene rings is 1. The smallest absolute Gasteiger partial charge is 0.238 e. The highest BCUT2D eigenvalue weighted by Crippen LogP contribution is 2.36. The van der Waals surface area contributed by atoms with E-state index in [9.17, 15) is 14.9 Å². The molecule has 1 aromatic heterocycles. The van der Waals surface area contributed by atoms with E-state index < -0.39 is 6.04 Å². The number of benzene rings is 1. The van der Waals surface area contributed by atoms with Gasteiger partial charge >= 0.3 is 0 Å². The molecule has 29 heavy (non-hydrogen) atoms. The van der Waals surface area contributed by atoms with Crippen LogP contribution in [0.4, 0.5) is 5.69 Å². The Morgan fingerprint density at radius 1 is 1.31 bits per heavy atom. The summed E-state index contributed by atoms with van der Waals surface area (Å²) < 4.78 is 0. The molecule has 7 heteroatoms. The summed E-state index contributed by atoms with van der Waals surface area (Å²) in [6.45, 7) is 0. The van der Waals surface area contributed by atoms with Gasteiger partial charge in [-0.25, -0.2) is 0 Å². The number of nitrogens with zero attached hydrogens (tertiary/aromatic N) is 1. The minimum absolute atomic E-state index is 0.0293. The molecular weight excluding hydrogens is 384 g/mol. The Morgan fingerprint density at radius 3 is 2.97 bits per heavy atom. The number of carbonyl (C=O) groups is 2. The van der Waals surface area contributed by atoms with Gasteiger partial charge in [-0.15, -0.1) is 11.3 Å². The van der Waals surface area contributed by atoms with Crippen LogP contribution in [0.2, 0.25) is 0 Å². The van der Waals surface area contributed by atoms with E-state index in [1.54, 1.807) is 11.3 Å². The third-order valence-corrected chi connectivity index (χ3v) is 7.36. The number of amides is 2. The maximum absolute atomic E-state index is 12.6. The average Bonchev–Trinajstić information content (AvgIpc) is 3.49. The van der Waals surface area contributed by atoms with Crippen molar-refractivity contribution < 1.29 is 9.59 Å². The molecule has 2 aliphatic heterocycles. The number of hydrogen-bond donors (Lipinski definition) is 3. The maximum atomic E-state index is 12.6. The molecule has 3 aliphatic rings. The van der Waals surface area contributed by atoms with Gasteiger partial charge in [0.2, 0.25) is 11.8 Å². The Hall–Kier alpha value is -2.69. The first kappa shape index (κ1) is 18.3. The first-order chi connectivity index (χ1) is 14.1. The van der Waals surface area contributed by atoms with Crippen molar-refractivity contribution in [2.75, 3.05) is 5.32 Å². The predicted molar refractivity (Wildman–Crippen MR) is 111 cm³/mol. The molecule has 148 valence electrons. The molecule has 5 rings (SSSR count). The lowest BCUT2D eigenvalue weighted by Crippen LogP contribution is -2.50. The van der Waals surface area contributed by atoms with Gasteiger partial charge in [-0.2, -0.15) is 5.26 Å². The molecule has 3 N–H and O–H groups in total. The topological polar surface area (TPSA) is 94.0 Å². The number of fused-ring (bicyclic) bond motifs is 3. The zero-order chi connectivity index (χ0) is 20.0. The quantitative estimate of drug-likeness (QED) is 0.711. The zero-order valence-corrected chi connectivity index (χ0v) is 16.7. The van der Waals surface area contributed by atoms with Crippen LogP contribution in [-0.2, 0) is 22.4 Å². The van der Waals surface area contributed by atoms with Gasteiger partial charge in [0, 0.05) is 27.9 Å². The van der Waals surface area contributed by atoms with E-state index in [0.29, 0.717) is 24.8 Å². The second-order valence-electron chi connectivity index (χ2n) is 8.17. The molecule has 0 spiro atoms. The van der Waals surface area contributed by atoms with Gasteiger partial charge in [0.05, 0.1) is 18.5 Å². The van der Waals surface area contributed by atoms with Crippen LogP contribution in [0.15, 0.2) is 30.3 Å². The summed E-state index contributed by atoms with van der Waals surface area (Å²) in [6, 6.07) is 12.1. The van der Waals surface area contributed by atoms with Gasteiger partial charge in [0.1, 0.15) is 6.04 Å². The van der Waals surface area contributed by atoms with Crippen LogP contribution in [0.3, 0.4) is 0 Å². The molecule has 4 atom stereocenters. The van der Waals surface area contributed by atoms with Gasteiger partial charge in [0.25, 0.3) is 0 Å². The summed E-state index contributed by atoms with van der Waals surface area (Å²) in [6.07, 6.45) is 4.26. The Bertz CT molecular complexity index is 1020. The Labute approximate surface area is 173 Å². The highest BCUT2D eigenvalue weighted by atomic mass is 32.1. The summed E-state index contributed by atoms with van der Waals surface area (Å²) in [5.41, 5.74) is 2.95. The van der Waals surface area contributed by atoms with E-state index in [2.05, 4.69) is 22.0 Å². The van der Waals surface area contributed by atoms with Crippen molar-refractivity contribution in [2.45, 2.75) is 50.2 Å². The summed E-state index contributed by atoms with van der Waals surface area (Å²) in [5.74, 6) is 0.393. The molecule has 1 saturated carbocycles. The molecule has 3 heterocycles. The Kier molecular flexibility index (Phi) is 4.61. The van der Waals surface area contributed by atoms with E-state index >= 15 is 0 Å². The van der Waals surface area contributed by atoms with Crippen LogP contribution in [0.1, 0.15) is 29.7 Å². The standard InChI is InChI=1S/C22H22N4O2S/c23-11-16(25-22(28)21-14-3-4-15(7-14)24-21)10-17-5-6-19(29-17)13-2-1-12-9-20(27)26-18(12)8-13/h1-2,5-6,8,14-16,21,24H,3-4,7,9-10H2,(H,25,28)(H,26,27)/t14-,15+,16-,21-/m0/s1. The molecule has 1 saturated heterocycles. The fourth-order valence-corrected chi connectivity index (χ4v) is 5.80. The second-order valence-corrected chi connectivity index (χ2v) is 9.34. The molecule has 2 aromatic rings. The van der Waals surface area contributed by atoms with Crippen molar-refractivity contribution in [2.24, 2.45) is 5.92 Å². The van der Waals surface area contributed by atoms with Gasteiger partial charge < -0.3 is 16.0 Å². The SMILES string of the molecule is N#C[C@H](Cc1ccc(-c2ccc3c(c2)NC(=O)C3)s1)NC(=O)[C@H]1N[C@@H]2CC[C@H]1C2. The fourth-order valence-electron chi connectivity index (χ4n) is 4.75. The molecule has 1 aromatic carbocycles. The Balaban J connectivity index is 1.24. The van der Waals surface area contributed by atoms with E-state index in [1.165, 1.54) is 0 Å². The molecule has 2 fully saturated rings. The number of piperidine rings is 1. The van der Waals surface area contributed by atoms with Gasteiger partial charge in [-0.3, -0.25) is 9.59 Å². The van der Waals surface area contributed by atoms with Gasteiger partial charge in [-0.1, -0.05) is 12.1 Å². The van der Waals surface area contributed by atoms with Crippen molar-refractivity contribution in [3.05, 3.63) is 40.8 Å². The van der Waals surface area contributed by atoms with Crippen LogP contribution < -0.4 is 16.0 Å². The lowest BCUT2D eigenvalue weighted by molar-refractivity contribution is -0.124. The molecule has 0 radical (unpaired) electrons. The van der Waals surface area contributed by atoms with Crippen LogP contribution >= 0.6 is 11.3 Å². The summed E-state index contributed by atoms with van der Waals surface area (Å²) in [5, 5.41) is 18.7. The van der Waals surface area contributed by atoms with Crippen LogP contribution in [0.5, 0.6) is 0 Å². The largest absolute Gasteiger partial charge is 0.339 e. The molecule has 2 amide bonds. The maximum Gasteiger partial charge on any atom is 0.238 e. The van der Waals surface area contributed by atoms with Gasteiger partial charge in [-0.05, 0) is 54.5 Å². The summed E-state index contributed by atoms with van der Waals surface area (Å²) in [4.78, 5) is 26.3. The van der Waals surface area contributed by atoms with Crippen molar-refractivity contribution in [1.29, 1.82) is 5.26 Å². The van der Waals surface area contributed by atoms with E-state index in [4.69, 9.17) is 0 Å². The third-order valence-electron chi connectivity index (χ3n) is 6.20. The van der Waals surface area contributed by atoms with Crippen molar-refractivity contribution in [3.63, 3.8) is 0 Å². The fraction of sp³-hybridized carbons (Fsp3) is 0.409. The van der Waals surface area contributed by atoms with E-state index in [0.717, 1.165) is 45.8 Å². The molecule has 0 unspecified atom stereocenters. The van der Waals surface area contributed by atoms with E-state index in [-0.39, 0.29) is 17.9 Å². The molecule has 1 aliphatic carbocycles. The number of rotatable bonds is 5. The minimum Gasteiger partial charge on any atom is -0.339 e. The van der Waals surface area contributed by atoms with Gasteiger partial charge in [0.15, 0.2) is 0 Å². The molecule has 2 bridgehead atoms. The molecular formula is C22H22N4O2S. The van der Waals surface area contributed by atoms with Crippen LogP contribution in [0, 0.1) is 17.2 Å².